The number of carbonyl (C=O) groups excluding carboxylic acids is 2. The van der Waals surface area contributed by atoms with Crippen LogP contribution in [0.5, 0.6) is 0 Å². The Balaban J connectivity index is 0.00000361. The van der Waals surface area contributed by atoms with Gasteiger partial charge in [-0.1, -0.05) is 28.1 Å². The van der Waals surface area contributed by atoms with Crippen LogP contribution in [0.2, 0.25) is 0 Å². The van der Waals surface area contributed by atoms with Gasteiger partial charge in [-0.3, -0.25) is 9.59 Å². The van der Waals surface area contributed by atoms with Gasteiger partial charge in [0.05, 0.1) is 0 Å². The van der Waals surface area contributed by atoms with E-state index in [4.69, 9.17) is 5.73 Å². The maximum absolute atomic E-state index is 12.2. The van der Waals surface area contributed by atoms with Crippen molar-refractivity contribution < 1.29 is 9.59 Å². The van der Waals surface area contributed by atoms with Gasteiger partial charge in [-0.2, -0.15) is 0 Å². The first-order valence-corrected chi connectivity index (χ1v) is 6.65. The molecule has 2 amide bonds. The van der Waals surface area contributed by atoms with Crippen molar-refractivity contribution in [2.45, 2.75) is 25.4 Å². The number of nitrogens with two attached hydrogens (primary N) is 1. The van der Waals surface area contributed by atoms with Gasteiger partial charge in [0.1, 0.15) is 11.6 Å². The third kappa shape index (κ3) is 4.47. The molecular weight excluding hydrogens is 346 g/mol. The lowest BCUT2D eigenvalue weighted by Gasteiger charge is -2.26. The average molecular weight is 365 g/mol. The molecule has 0 spiro atoms. The Morgan fingerprint density at radius 2 is 1.80 bits per heavy atom. The summed E-state index contributed by atoms with van der Waals surface area (Å²) < 4.78 is 0.909. The van der Waals surface area contributed by atoms with Gasteiger partial charge in [0.25, 0.3) is 0 Å². The molecule has 4 N–H and O–H groups in total. The molecule has 0 heterocycles. The largest absolute Gasteiger partial charge is 0.357 e. The highest BCUT2D eigenvalue weighted by Crippen LogP contribution is 2.20. The summed E-state index contributed by atoms with van der Waals surface area (Å²) in [6.45, 7) is 3.22. The van der Waals surface area contributed by atoms with Crippen LogP contribution in [0.3, 0.4) is 0 Å². The first-order chi connectivity index (χ1) is 8.78. The molecule has 5 nitrogen and oxygen atoms in total. The van der Waals surface area contributed by atoms with Crippen molar-refractivity contribution in [1.29, 1.82) is 0 Å². The Bertz CT molecular complexity index is 477. The zero-order valence-electron chi connectivity index (χ0n) is 11.6. The molecule has 0 radical (unpaired) electrons. The highest BCUT2D eigenvalue weighted by Gasteiger charge is 2.32. The van der Waals surface area contributed by atoms with Gasteiger partial charge in [-0.25, -0.2) is 0 Å². The first-order valence-electron chi connectivity index (χ1n) is 5.86. The minimum Gasteiger partial charge on any atom is -0.357 e. The van der Waals surface area contributed by atoms with E-state index in [-0.39, 0.29) is 18.3 Å². The molecule has 0 aliphatic carbocycles. The van der Waals surface area contributed by atoms with E-state index in [9.17, 15) is 9.59 Å². The standard InChI is InChI=1S/C13H18BrN3O2.ClH/c1-8(11(18)16-3)17-12(19)13(2,15)9-4-6-10(14)7-5-9;/h4-8H,15H2,1-3H3,(H,16,18)(H,17,19);1H/t8-,13?;/m1./s1. The molecule has 1 unspecified atom stereocenters. The average Bonchev–Trinajstić information content (AvgIpc) is 2.38. The molecular formula is C13H19BrClN3O2. The summed E-state index contributed by atoms with van der Waals surface area (Å²) in [6, 6.07) is 6.55. The second kappa shape index (κ2) is 7.61. The Hall–Kier alpha value is -1.11. The minimum atomic E-state index is -1.19. The van der Waals surface area contributed by atoms with Crippen molar-refractivity contribution in [3.63, 3.8) is 0 Å². The molecule has 112 valence electrons. The first kappa shape index (κ1) is 18.9. The van der Waals surface area contributed by atoms with E-state index in [1.54, 1.807) is 26.0 Å². The van der Waals surface area contributed by atoms with Crippen LogP contribution < -0.4 is 16.4 Å². The van der Waals surface area contributed by atoms with Crippen molar-refractivity contribution in [3.05, 3.63) is 34.3 Å². The van der Waals surface area contributed by atoms with Gasteiger partial charge >= 0.3 is 0 Å². The normalized spacial score (nSPS) is 14.4. The topological polar surface area (TPSA) is 84.2 Å². The van der Waals surface area contributed by atoms with Crippen LogP contribution in [-0.4, -0.2) is 24.9 Å². The van der Waals surface area contributed by atoms with Crippen molar-refractivity contribution >= 4 is 40.2 Å². The molecule has 0 aliphatic rings. The molecule has 0 bridgehead atoms. The van der Waals surface area contributed by atoms with Crippen LogP contribution in [0.1, 0.15) is 19.4 Å². The van der Waals surface area contributed by atoms with Crippen LogP contribution in [0.15, 0.2) is 28.7 Å². The van der Waals surface area contributed by atoms with Crippen molar-refractivity contribution in [2.24, 2.45) is 5.73 Å². The lowest BCUT2D eigenvalue weighted by Crippen LogP contribution is -2.54. The van der Waals surface area contributed by atoms with E-state index < -0.39 is 17.5 Å². The van der Waals surface area contributed by atoms with Gasteiger partial charge in [0, 0.05) is 11.5 Å². The number of hydrogen-bond acceptors (Lipinski definition) is 3. The van der Waals surface area contributed by atoms with E-state index >= 15 is 0 Å². The van der Waals surface area contributed by atoms with E-state index in [1.165, 1.54) is 7.05 Å². The number of likely N-dealkylation sites (N-methyl/N-ethyl adjacent to an activating group) is 1. The number of carbonyl (C=O) groups is 2. The van der Waals surface area contributed by atoms with Gasteiger partial charge in [-0.05, 0) is 31.5 Å². The number of benzene rings is 1. The lowest BCUT2D eigenvalue weighted by molar-refractivity contribution is -0.131. The van der Waals surface area contributed by atoms with Crippen LogP contribution >= 0.6 is 28.3 Å². The van der Waals surface area contributed by atoms with Crippen molar-refractivity contribution in [3.8, 4) is 0 Å². The second-order valence-electron chi connectivity index (χ2n) is 4.52. The van der Waals surface area contributed by atoms with E-state index in [0.29, 0.717) is 5.56 Å². The number of nitrogens with one attached hydrogen (secondary N) is 2. The Labute approximate surface area is 133 Å². The zero-order valence-corrected chi connectivity index (χ0v) is 14.0. The number of hydrogen-bond donors (Lipinski definition) is 3. The van der Waals surface area contributed by atoms with Gasteiger partial charge < -0.3 is 16.4 Å². The molecule has 0 fully saturated rings. The van der Waals surface area contributed by atoms with Crippen LogP contribution in [0, 0.1) is 0 Å². The fraction of sp³-hybridized carbons (Fsp3) is 0.385. The molecule has 20 heavy (non-hydrogen) atoms. The monoisotopic (exact) mass is 363 g/mol. The highest BCUT2D eigenvalue weighted by molar-refractivity contribution is 9.10. The summed E-state index contributed by atoms with van der Waals surface area (Å²) in [4.78, 5) is 23.5. The van der Waals surface area contributed by atoms with Crippen LogP contribution in [0.25, 0.3) is 0 Å². The maximum atomic E-state index is 12.2. The predicted molar refractivity (Wildman–Crippen MR) is 84.6 cm³/mol. The summed E-state index contributed by atoms with van der Waals surface area (Å²) in [5, 5.41) is 5.06. The van der Waals surface area contributed by atoms with Crippen molar-refractivity contribution in [2.75, 3.05) is 7.05 Å². The third-order valence-corrected chi connectivity index (χ3v) is 3.43. The fourth-order valence-electron chi connectivity index (χ4n) is 1.56. The summed E-state index contributed by atoms with van der Waals surface area (Å²) in [5.41, 5.74) is 5.55. The second-order valence-corrected chi connectivity index (χ2v) is 5.43. The summed E-state index contributed by atoms with van der Waals surface area (Å²) in [7, 11) is 1.52. The number of rotatable bonds is 4. The third-order valence-electron chi connectivity index (χ3n) is 2.90. The molecule has 0 aliphatic heterocycles. The number of halogens is 2. The van der Waals surface area contributed by atoms with Gasteiger partial charge in [0.2, 0.25) is 11.8 Å². The lowest BCUT2D eigenvalue weighted by atomic mass is 9.92. The summed E-state index contributed by atoms with van der Waals surface area (Å²) in [5.74, 6) is -0.661. The molecule has 1 rings (SSSR count). The molecule has 1 aromatic rings. The molecule has 0 aromatic heterocycles. The maximum Gasteiger partial charge on any atom is 0.245 e. The van der Waals surface area contributed by atoms with E-state index in [2.05, 4.69) is 26.6 Å². The minimum absolute atomic E-state index is 0. The van der Waals surface area contributed by atoms with Gasteiger partial charge in [0.15, 0.2) is 0 Å². The Kier molecular flexibility index (Phi) is 7.19. The van der Waals surface area contributed by atoms with E-state index in [1.807, 2.05) is 12.1 Å². The quantitative estimate of drug-likeness (QED) is 0.753. The van der Waals surface area contributed by atoms with Crippen LogP contribution in [0.4, 0.5) is 0 Å². The molecule has 0 saturated heterocycles. The summed E-state index contributed by atoms with van der Waals surface area (Å²) in [6.07, 6.45) is 0. The SMILES string of the molecule is CNC(=O)[C@@H](C)NC(=O)C(C)(N)c1ccc(Br)cc1.Cl. The smallest absolute Gasteiger partial charge is 0.245 e. The zero-order chi connectivity index (χ0) is 14.6. The molecule has 1 aromatic carbocycles. The Morgan fingerprint density at radius 3 is 2.25 bits per heavy atom. The van der Waals surface area contributed by atoms with Crippen molar-refractivity contribution in [1.82, 2.24) is 10.6 Å². The van der Waals surface area contributed by atoms with Crippen LogP contribution in [-0.2, 0) is 15.1 Å². The predicted octanol–water partition coefficient (Wildman–Crippen LogP) is 1.30. The number of amides is 2. The fourth-order valence-corrected chi connectivity index (χ4v) is 1.82. The summed E-state index contributed by atoms with van der Waals surface area (Å²) >= 11 is 3.32. The van der Waals surface area contributed by atoms with E-state index in [0.717, 1.165) is 4.47 Å². The van der Waals surface area contributed by atoms with Gasteiger partial charge in [-0.15, -0.1) is 12.4 Å². The molecule has 2 atom stereocenters. The molecule has 7 heteroatoms. The highest BCUT2D eigenvalue weighted by atomic mass is 79.9. The molecule has 0 saturated carbocycles. The Morgan fingerprint density at radius 1 is 1.30 bits per heavy atom.